The first-order valence-corrected chi connectivity index (χ1v) is 7.35. The van der Waals surface area contributed by atoms with Crippen molar-refractivity contribution in [2.45, 2.75) is 19.4 Å². The van der Waals surface area contributed by atoms with E-state index in [9.17, 15) is 0 Å². The number of nitrogens with one attached hydrogen (secondary N) is 1. The van der Waals surface area contributed by atoms with Gasteiger partial charge >= 0.3 is 0 Å². The first kappa shape index (κ1) is 15.0. The lowest BCUT2D eigenvalue weighted by Gasteiger charge is -2.18. The largest absolute Gasteiger partial charge is 0.497 e. The van der Waals surface area contributed by atoms with Gasteiger partial charge in [0.05, 0.1) is 7.11 Å². The topological polar surface area (TPSA) is 34.1 Å². The average Bonchev–Trinajstić information content (AvgIpc) is 2.47. The molecule has 0 saturated carbocycles. The molecule has 1 aromatic carbocycles. The van der Waals surface area contributed by atoms with Crippen molar-refractivity contribution in [1.29, 1.82) is 0 Å². The number of halogens is 1. The molecular formula is C16H19BrN2O. The monoisotopic (exact) mass is 334 g/mol. The lowest BCUT2D eigenvalue weighted by molar-refractivity contribution is 0.414. The van der Waals surface area contributed by atoms with Gasteiger partial charge in [0.2, 0.25) is 0 Å². The molecule has 0 radical (unpaired) electrons. The van der Waals surface area contributed by atoms with Crippen LogP contribution in [-0.4, -0.2) is 19.1 Å². The fraction of sp³-hybridized carbons (Fsp3) is 0.312. The third-order valence-corrected chi connectivity index (χ3v) is 4.14. The van der Waals surface area contributed by atoms with Crippen LogP contribution in [0.3, 0.4) is 0 Å². The number of rotatable bonds is 5. The van der Waals surface area contributed by atoms with Gasteiger partial charge in [-0.25, -0.2) is 0 Å². The van der Waals surface area contributed by atoms with Gasteiger partial charge in [-0.05, 0) is 55.8 Å². The highest BCUT2D eigenvalue weighted by Crippen LogP contribution is 2.27. The number of hydrogen-bond donors (Lipinski definition) is 1. The molecule has 0 aliphatic rings. The van der Waals surface area contributed by atoms with E-state index in [0.29, 0.717) is 0 Å². The van der Waals surface area contributed by atoms with Crippen LogP contribution in [0.1, 0.15) is 22.9 Å². The number of likely N-dealkylation sites (N-methyl/N-ethyl adjacent to an activating group) is 1. The fourth-order valence-electron chi connectivity index (χ4n) is 2.13. The maximum absolute atomic E-state index is 5.29. The third kappa shape index (κ3) is 3.58. The Hall–Kier alpha value is -1.39. The number of methoxy groups -OCH3 is 1. The van der Waals surface area contributed by atoms with E-state index in [1.165, 1.54) is 11.1 Å². The second-order valence-electron chi connectivity index (χ2n) is 4.74. The van der Waals surface area contributed by atoms with Crippen molar-refractivity contribution < 1.29 is 4.74 Å². The molecule has 1 N–H and O–H groups in total. The predicted molar refractivity (Wildman–Crippen MR) is 85.2 cm³/mol. The SMILES string of the molecule is CNC(Cc1cc(OC)ccc1Br)c1ccc(C)nc1. The van der Waals surface area contributed by atoms with Crippen molar-refractivity contribution in [2.24, 2.45) is 0 Å². The molecule has 1 atom stereocenters. The molecular weight excluding hydrogens is 316 g/mol. The number of benzene rings is 1. The smallest absolute Gasteiger partial charge is 0.119 e. The van der Waals surface area contributed by atoms with Crippen LogP contribution in [0.4, 0.5) is 0 Å². The maximum Gasteiger partial charge on any atom is 0.119 e. The Morgan fingerprint density at radius 3 is 2.70 bits per heavy atom. The lowest BCUT2D eigenvalue weighted by atomic mass is 10.00. The van der Waals surface area contributed by atoms with E-state index >= 15 is 0 Å². The molecule has 4 heteroatoms. The molecule has 1 unspecified atom stereocenters. The Balaban J connectivity index is 2.23. The quantitative estimate of drug-likeness (QED) is 0.905. The van der Waals surface area contributed by atoms with Gasteiger partial charge in [-0.1, -0.05) is 22.0 Å². The molecule has 0 amide bonds. The zero-order valence-electron chi connectivity index (χ0n) is 12.0. The minimum Gasteiger partial charge on any atom is -0.497 e. The Morgan fingerprint density at radius 1 is 1.30 bits per heavy atom. The molecule has 20 heavy (non-hydrogen) atoms. The normalized spacial score (nSPS) is 12.2. The van der Waals surface area contributed by atoms with Gasteiger partial charge < -0.3 is 10.1 Å². The molecule has 0 bridgehead atoms. The van der Waals surface area contributed by atoms with Crippen LogP contribution in [0.25, 0.3) is 0 Å². The van der Waals surface area contributed by atoms with Gasteiger partial charge in [0.25, 0.3) is 0 Å². The highest BCUT2D eigenvalue weighted by Gasteiger charge is 2.13. The lowest BCUT2D eigenvalue weighted by Crippen LogP contribution is -2.19. The second-order valence-corrected chi connectivity index (χ2v) is 5.59. The molecule has 0 aliphatic carbocycles. The van der Waals surface area contributed by atoms with Crippen LogP contribution in [0.5, 0.6) is 5.75 Å². The Kier molecular flexibility index (Phi) is 5.15. The summed E-state index contributed by atoms with van der Waals surface area (Å²) in [5.41, 5.74) is 3.43. The van der Waals surface area contributed by atoms with Gasteiger partial charge in [0.1, 0.15) is 5.75 Å². The van der Waals surface area contributed by atoms with Crippen molar-refractivity contribution >= 4 is 15.9 Å². The predicted octanol–water partition coefficient (Wildman–Crippen LogP) is 3.66. The van der Waals surface area contributed by atoms with Gasteiger partial charge in [-0.3, -0.25) is 4.98 Å². The van der Waals surface area contributed by atoms with Crippen molar-refractivity contribution in [1.82, 2.24) is 10.3 Å². The summed E-state index contributed by atoms with van der Waals surface area (Å²) in [7, 11) is 3.66. The van der Waals surface area contributed by atoms with E-state index in [2.05, 4.69) is 38.4 Å². The summed E-state index contributed by atoms with van der Waals surface area (Å²) < 4.78 is 6.39. The van der Waals surface area contributed by atoms with Gasteiger partial charge in [0, 0.05) is 22.4 Å². The number of ether oxygens (including phenoxy) is 1. The molecule has 3 nitrogen and oxygen atoms in total. The fourth-order valence-corrected chi connectivity index (χ4v) is 2.53. The highest BCUT2D eigenvalue weighted by atomic mass is 79.9. The molecule has 0 fully saturated rings. The summed E-state index contributed by atoms with van der Waals surface area (Å²) in [6.07, 6.45) is 2.81. The van der Waals surface area contributed by atoms with Crippen LogP contribution in [0, 0.1) is 6.92 Å². The summed E-state index contributed by atoms with van der Waals surface area (Å²) in [5, 5.41) is 3.35. The standard InChI is InChI=1S/C16H19BrN2O/c1-11-4-5-12(10-19-11)16(18-2)9-13-8-14(20-3)6-7-15(13)17/h4-8,10,16,18H,9H2,1-3H3. The first-order valence-electron chi connectivity index (χ1n) is 6.56. The van der Waals surface area contributed by atoms with Crippen LogP contribution >= 0.6 is 15.9 Å². The Morgan fingerprint density at radius 2 is 2.10 bits per heavy atom. The summed E-state index contributed by atoms with van der Waals surface area (Å²) in [4.78, 5) is 4.37. The van der Waals surface area contributed by atoms with E-state index in [1.54, 1.807) is 7.11 Å². The molecule has 0 saturated heterocycles. The Labute approximate surface area is 128 Å². The van der Waals surface area contributed by atoms with Crippen LogP contribution in [0.2, 0.25) is 0 Å². The summed E-state index contributed by atoms with van der Waals surface area (Å²) in [5.74, 6) is 0.875. The van der Waals surface area contributed by atoms with Crippen molar-refractivity contribution in [2.75, 3.05) is 14.2 Å². The number of pyridine rings is 1. The summed E-state index contributed by atoms with van der Waals surface area (Å²) in [6, 6.07) is 10.4. The van der Waals surface area contributed by atoms with Crippen molar-refractivity contribution in [3.63, 3.8) is 0 Å². The second kappa shape index (κ2) is 6.86. The summed E-state index contributed by atoms with van der Waals surface area (Å²) in [6.45, 7) is 2.00. The van der Waals surface area contributed by atoms with Crippen LogP contribution < -0.4 is 10.1 Å². The first-order chi connectivity index (χ1) is 9.63. The minimum atomic E-state index is 0.228. The van der Waals surface area contributed by atoms with Gasteiger partial charge in [0.15, 0.2) is 0 Å². The van der Waals surface area contributed by atoms with E-state index in [4.69, 9.17) is 4.74 Å². The Bertz CT molecular complexity index is 569. The average molecular weight is 335 g/mol. The van der Waals surface area contributed by atoms with E-state index in [-0.39, 0.29) is 6.04 Å². The van der Waals surface area contributed by atoms with Crippen molar-refractivity contribution in [3.05, 3.63) is 57.8 Å². The molecule has 2 aromatic rings. The highest BCUT2D eigenvalue weighted by molar-refractivity contribution is 9.10. The van der Waals surface area contributed by atoms with Crippen LogP contribution in [-0.2, 0) is 6.42 Å². The minimum absolute atomic E-state index is 0.228. The van der Waals surface area contributed by atoms with Crippen molar-refractivity contribution in [3.8, 4) is 5.75 Å². The maximum atomic E-state index is 5.29. The molecule has 106 valence electrons. The van der Waals surface area contributed by atoms with E-state index in [1.807, 2.05) is 38.4 Å². The summed E-state index contributed by atoms with van der Waals surface area (Å²) >= 11 is 3.60. The molecule has 1 aromatic heterocycles. The zero-order valence-corrected chi connectivity index (χ0v) is 13.6. The van der Waals surface area contributed by atoms with E-state index < -0.39 is 0 Å². The molecule has 0 spiro atoms. The number of aromatic nitrogens is 1. The molecule has 0 aliphatic heterocycles. The van der Waals surface area contributed by atoms with Crippen LogP contribution in [0.15, 0.2) is 41.0 Å². The van der Waals surface area contributed by atoms with Gasteiger partial charge in [-0.2, -0.15) is 0 Å². The zero-order chi connectivity index (χ0) is 14.5. The molecule has 1 heterocycles. The molecule has 2 rings (SSSR count). The third-order valence-electron chi connectivity index (χ3n) is 3.36. The van der Waals surface area contributed by atoms with Gasteiger partial charge in [-0.15, -0.1) is 0 Å². The van der Waals surface area contributed by atoms with E-state index in [0.717, 1.165) is 22.3 Å². The number of nitrogens with zero attached hydrogens (tertiary/aromatic N) is 1. The number of hydrogen-bond acceptors (Lipinski definition) is 3. The number of aryl methyl sites for hydroxylation is 1.